The van der Waals surface area contributed by atoms with Crippen molar-refractivity contribution in [3.63, 3.8) is 0 Å². The maximum atomic E-state index is 11.8. The Kier molecular flexibility index (Phi) is 3.81. The third-order valence-corrected chi connectivity index (χ3v) is 1.25. The van der Waals surface area contributed by atoms with Gasteiger partial charge < -0.3 is 0 Å². The molecule has 0 heterocycles. The van der Waals surface area contributed by atoms with E-state index in [-0.39, 0.29) is 18.9 Å². The van der Waals surface area contributed by atoms with Gasteiger partial charge in [0.05, 0.1) is 0 Å². The van der Waals surface area contributed by atoms with Crippen molar-refractivity contribution in [3.05, 3.63) is 11.6 Å². The average molecular weight is 206 g/mol. The lowest BCUT2D eigenvalue weighted by atomic mass is 10.2. The van der Waals surface area contributed by atoms with Crippen molar-refractivity contribution in [2.24, 2.45) is 0 Å². The van der Waals surface area contributed by atoms with E-state index in [0.29, 0.717) is 0 Å². The van der Waals surface area contributed by atoms with Crippen LogP contribution in [0, 0.1) is 0 Å². The summed E-state index contributed by atoms with van der Waals surface area (Å²) in [6, 6.07) is 0. The summed E-state index contributed by atoms with van der Waals surface area (Å²) in [6.45, 7) is 1.50. The lowest BCUT2D eigenvalue weighted by Crippen LogP contribution is -2.26. The number of alkyl halides is 6. The first-order chi connectivity index (χ1) is 5.69. The Morgan fingerprint density at radius 3 is 1.62 bits per heavy atom. The molecule has 0 atom stereocenters. The number of allylic oxidation sites excluding steroid dienone is 2. The highest BCUT2D eigenvalue weighted by Gasteiger charge is 2.50. The highest BCUT2D eigenvalue weighted by atomic mass is 19.4. The largest absolute Gasteiger partial charge is 0.420 e. The van der Waals surface area contributed by atoms with Gasteiger partial charge in [-0.1, -0.05) is 19.4 Å². The van der Waals surface area contributed by atoms with Crippen molar-refractivity contribution in [1.82, 2.24) is 0 Å². The van der Waals surface area contributed by atoms with Crippen LogP contribution in [-0.4, -0.2) is 12.4 Å². The molecule has 0 bridgehead atoms. The quantitative estimate of drug-likeness (QED) is 0.475. The number of hydrogen-bond acceptors (Lipinski definition) is 0. The fraction of sp³-hybridized carbons (Fsp3) is 0.714. The first kappa shape index (κ1) is 12.3. The molecule has 0 rings (SSSR count). The van der Waals surface area contributed by atoms with Gasteiger partial charge in [0.25, 0.3) is 0 Å². The van der Waals surface area contributed by atoms with E-state index in [1.807, 2.05) is 0 Å². The van der Waals surface area contributed by atoms with Gasteiger partial charge in [-0.25, -0.2) is 0 Å². The van der Waals surface area contributed by atoms with Crippen LogP contribution < -0.4 is 0 Å². The number of halogens is 6. The second-order valence-electron chi connectivity index (χ2n) is 2.40. The Morgan fingerprint density at radius 2 is 1.38 bits per heavy atom. The summed E-state index contributed by atoms with van der Waals surface area (Å²) in [4.78, 5) is 0. The summed E-state index contributed by atoms with van der Waals surface area (Å²) in [6.07, 6.45) is -10.4. The van der Waals surface area contributed by atoms with Gasteiger partial charge in [-0.3, -0.25) is 0 Å². The summed E-state index contributed by atoms with van der Waals surface area (Å²) < 4.78 is 70.5. The molecule has 13 heavy (non-hydrogen) atoms. The molecule has 6 heteroatoms. The fourth-order valence-electron chi connectivity index (χ4n) is 0.681. The zero-order valence-corrected chi connectivity index (χ0v) is 6.76. The molecule has 0 saturated carbocycles. The van der Waals surface area contributed by atoms with Crippen molar-refractivity contribution in [2.45, 2.75) is 32.1 Å². The summed E-state index contributed by atoms with van der Waals surface area (Å²) in [7, 11) is 0. The summed E-state index contributed by atoms with van der Waals surface area (Å²) in [5.74, 6) is 0. The minimum atomic E-state index is -5.31. The Balaban J connectivity index is 4.78. The van der Waals surface area contributed by atoms with E-state index in [0.717, 1.165) is 0 Å². The van der Waals surface area contributed by atoms with Gasteiger partial charge in [-0.2, -0.15) is 26.3 Å². The van der Waals surface area contributed by atoms with Gasteiger partial charge in [0.1, 0.15) is 5.57 Å². The maximum absolute atomic E-state index is 11.8. The second-order valence-corrected chi connectivity index (χ2v) is 2.40. The molecule has 0 aromatic heterocycles. The zero-order valence-electron chi connectivity index (χ0n) is 6.76. The molecular weight excluding hydrogens is 198 g/mol. The Bertz CT molecular complexity index is 168. The van der Waals surface area contributed by atoms with Crippen molar-refractivity contribution in [1.29, 1.82) is 0 Å². The van der Waals surface area contributed by atoms with Crippen LogP contribution in [-0.2, 0) is 0 Å². The van der Waals surface area contributed by atoms with Crippen LogP contribution in [0.4, 0.5) is 26.3 Å². The van der Waals surface area contributed by atoms with Gasteiger partial charge >= 0.3 is 12.4 Å². The lowest BCUT2D eigenvalue weighted by Gasteiger charge is -2.14. The molecule has 0 radical (unpaired) electrons. The Labute approximate surface area is 71.2 Å². The van der Waals surface area contributed by atoms with E-state index < -0.39 is 17.9 Å². The van der Waals surface area contributed by atoms with Crippen molar-refractivity contribution >= 4 is 0 Å². The normalized spacial score (nSPS) is 12.8. The van der Waals surface area contributed by atoms with E-state index in [2.05, 4.69) is 0 Å². The van der Waals surface area contributed by atoms with E-state index in [4.69, 9.17) is 0 Å². The van der Waals surface area contributed by atoms with Crippen molar-refractivity contribution in [3.8, 4) is 0 Å². The zero-order chi connectivity index (χ0) is 10.7. The van der Waals surface area contributed by atoms with Crippen LogP contribution in [0.25, 0.3) is 0 Å². The molecule has 0 N–H and O–H groups in total. The number of hydrogen-bond donors (Lipinski definition) is 0. The molecule has 0 aliphatic carbocycles. The van der Waals surface area contributed by atoms with E-state index in [1.165, 1.54) is 6.92 Å². The summed E-state index contributed by atoms with van der Waals surface area (Å²) in [5.41, 5.74) is -2.41. The predicted molar refractivity (Wildman–Crippen MR) is 35.1 cm³/mol. The van der Waals surface area contributed by atoms with Gasteiger partial charge in [0, 0.05) is 0 Å². The molecule has 0 nitrogen and oxygen atoms in total. The molecule has 78 valence electrons. The van der Waals surface area contributed by atoms with Crippen molar-refractivity contribution in [2.75, 3.05) is 0 Å². The molecule has 0 saturated heterocycles. The molecule has 0 aliphatic heterocycles. The molecule has 0 aromatic rings. The smallest absolute Gasteiger partial charge is 0.166 e. The first-order valence-corrected chi connectivity index (χ1v) is 3.54. The van der Waals surface area contributed by atoms with Crippen LogP contribution >= 0.6 is 0 Å². The average Bonchev–Trinajstić information content (AvgIpc) is 1.81. The fourth-order valence-corrected chi connectivity index (χ4v) is 0.681. The molecular formula is C7H8F6. The van der Waals surface area contributed by atoms with E-state index >= 15 is 0 Å². The van der Waals surface area contributed by atoms with Gasteiger partial charge in [0.2, 0.25) is 0 Å². The molecule has 0 aliphatic rings. The topological polar surface area (TPSA) is 0 Å². The van der Waals surface area contributed by atoms with Crippen LogP contribution in [0.15, 0.2) is 11.6 Å². The third kappa shape index (κ3) is 4.19. The SMILES string of the molecule is CCCC=C(C(F)(F)F)C(F)(F)F. The monoisotopic (exact) mass is 206 g/mol. The van der Waals surface area contributed by atoms with Crippen LogP contribution in [0.5, 0.6) is 0 Å². The minimum Gasteiger partial charge on any atom is -0.166 e. The van der Waals surface area contributed by atoms with Gasteiger partial charge in [-0.15, -0.1) is 0 Å². The molecule has 0 unspecified atom stereocenters. The maximum Gasteiger partial charge on any atom is 0.420 e. The van der Waals surface area contributed by atoms with Crippen LogP contribution in [0.3, 0.4) is 0 Å². The summed E-state index contributed by atoms with van der Waals surface area (Å²) >= 11 is 0. The van der Waals surface area contributed by atoms with Gasteiger partial charge in [0.15, 0.2) is 0 Å². The third-order valence-electron chi connectivity index (χ3n) is 1.25. The summed E-state index contributed by atoms with van der Waals surface area (Å²) in [5, 5.41) is 0. The molecule has 0 spiro atoms. The number of rotatable bonds is 2. The van der Waals surface area contributed by atoms with Crippen LogP contribution in [0.1, 0.15) is 19.8 Å². The highest BCUT2D eigenvalue weighted by Crippen LogP contribution is 2.38. The standard InChI is InChI=1S/C7H8F6/c1-2-3-4-5(6(8,9)10)7(11,12)13/h4H,2-3H2,1H3. The number of unbranched alkanes of at least 4 members (excludes halogenated alkanes) is 1. The lowest BCUT2D eigenvalue weighted by molar-refractivity contribution is -0.172. The van der Waals surface area contributed by atoms with E-state index in [1.54, 1.807) is 0 Å². The van der Waals surface area contributed by atoms with E-state index in [9.17, 15) is 26.3 Å². The Hall–Kier alpha value is -0.680. The molecule has 0 fully saturated rings. The molecule has 0 aromatic carbocycles. The van der Waals surface area contributed by atoms with Crippen LogP contribution in [0.2, 0.25) is 0 Å². The second kappa shape index (κ2) is 4.02. The highest BCUT2D eigenvalue weighted by molar-refractivity contribution is 5.14. The predicted octanol–water partition coefficient (Wildman–Crippen LogP) is 3.84. The van der Waals surface area contributed by atoms with Crippen molar-refractivity contribution < 1.29 is 26.3 Å². The van der Waals surface area contributed by atoms with Gasteiger partial charge in [-0.05, 0) is 6.42 Å². The first-order valence-electron chi connectivity index (χ1n) is 3.54. The minimum absolute atomic E-state index is 0.181. The Morgan fingerprint density at radius 1 is 1.00 bits per heavy atom. The molecule has 0 amide bonds.